The van der Waals surface area contributed by atoms with Crippen LogP contribution in [0.3, 0.4) is 0 Å². The molecule has 0 saturated carbocycles. The van der Waals surface area contributed by atoms with Crippen molar-refractivity contribution in [3.8, 4) is 23.1 Å². The number of imidazole rings is 1. The topological polar surface area (TPSA) is 52.2 Å². The Kier molecular flexibility index (Phi) is 9.09. The number of rotatable bonds is 10. The van der Waals surface area contributed by atoms with Crippen LogP contribution < -0.4 is 9.30 Å². The summed E-state index contributed by atoms with van der Waals surface area (Å²) < 4.78 is 37.3. The number of aromatic nitrogens is 2. The number of sulfone groups is 1. The lowest BCUT2D eigenvalue weighted by molar-refractivity contribution is -0.602. The van der Waals surface area contributed by atoms with Crippen molar-refractivity contribution in [3.63, 3.8) is 0 Å². The quantitative estimate of drug-likeness (QED) is 0.146. The first-order valence-electron chi connectivity index (χ1n) is 15.8. The molecule has 0 radical (unpaired) electrons. The summed E-state index contributed by atoms with van der Waals surface area (Å²) in [4.78, 5) is 0.211. The van der Waals surface area contributed by atoms with E-state index >= 15 is 0 Å². The second-order valence-corrected chi connectivity index (χ2v) is 14.8. The van der Waals surface area contributed by atoms with E-state index in [9.17, 15) is 8.42 Å². The highest BCUT2D eigenvalue weighted by Gasteiger charge is 2.32. The Morgan fingerprint density at radius 1 is 0.689 bits per heavy atom. The molecule has 6 heteroatoms. The van der Waals surface area contributed by atoms with Crippen molar-refractivity contribution in [3.05, 3.63) is 119 Å². The van der Waals surface area contributed by atoms with Gasteiger partial charge in [-0.05, 0) is 35.8 Å². The molecule has 0 saturated heterocycles. The van der Waals surface area contributed by atoms with Gasteiger partial charge >= 0.3 is 6.01 Å². The molecule has 0 aliphatic rings. The summed E-state index contributed by atoms with van der Waals surface area (Å²) in [6.07, 6.45) is 4.20. The van der Waals surface area contributed by atoms with Crippen LogP contribution in [0.4, 0.5) is 0 Å². The minimum atomic E-state index is -3.67. The normalized spacial score (nSPS) is 12.2. The van der Waals surface area contributed by atoms with Crippen LogP contribution in [0.2, 0.25) is 0 Å². The predicted molar refractivity (Wildman–Crippen MR) is 185 cm³/mol. The Labute approximate surface area is 268 Å². The number of ether oxygens (including phenoxy) is 1. The third kappa shape index (κ3) is 5.96. The first kappa shape index (κ1) is 32.2. The van der Waals surface area contributed by atoms with Gasteiger partial charge in [-0.25, -0.2) is 8.42 Å². The Morgan fingerprint density at radius 2 is 1.20 bits per heavy atom. The molecule has 0 fully saturated rings. The molecule has 234 valence electrons. The molecule has 0 spiro atoms. The second kappa shape index (κ2) is 12.7. The standard InChI is InChI=1S/C39H45N2O3S/c1-10-45(42,43)36-22-21-35(33-15-11-12-16-34(33)36)44-39-40(37-29(25(2)3)17-13-18-30(37)26(4)5)23-24-41(39)38-31(27(6)7)19-14-20-32(38)28(8)9/h10-28H,1H2,2-9H3/q+1. The summed E-state index contributed by atoms with van der Waals surface area (Å²) in [6, 6.07) is 24.6. The van der Waals surface area contributed by atoms with Crippen LogP contribution in [0.5, 0.6) is 11.8 Å². The van der Waals surface area contributed by atoms with E-state index in [1.165, 1.54) is 22.3 Å². The van der Waals surface area contributed by atoms with Crippen LogP contribution in [0.25, 0.3) is 22.1 Å². The molecular weight excluding hydrogens is 577 g/mol. The van der Waals surface area contributed by atoms with Crippen molar-refractivity contribution in [2.45, 2.75) is 84.0 Å². The van der Waals surface area contributed by atoms with Crippen LogP contribution in [0, 0.1) is 0 Å². The number of hydrogen-bond donors (Lipinski definition) is 0. The van der Waals surface area contributed by atoms with Crippen molar-refractivity contribution in [2.75, 3.05) is 0 Å². The third-order valence-corrected chi connectivity index (χ3v) is 9.92. The molecule has 1 heterocycles. The molecule has 0 N–H and O–H groups in total. The lowest BCUT2D eigenvalue weighted by atomic mass is 9.92. The average molecular weight is 622 g/mol. The van der Waals surface area contributed by atoms with Gasteiger partial charge in [-0.3, -0.25) is 0 Å². The monoisotopic (exact) mass is 621 g/mol. The molecule has 5 rings (SSSR count). The summed E-state index contributed by atoms with van der Waals surface area (Å²) in [6.45, 7) is 21.3. The minimum absolute atomic E-state index is 0.211. The molecule has 0 bridgehead atoms. The molecule has 5 aromatic rings. The maximum absolute atomic E-state index is 13.0. The summed E-state index contributed by atoms with van der Waals surface area (Å²) in [5.74, 6) is 1.69. The van der Waals surface area contributed by atoms with Gasteiger partial charge in [0.2, 0.25) is 0 Å². The zero-order chi connectivity index (χ0) is 32.6. The summed E-state index contributed by atoms with van der Waals surface area (Å²) >= 11 is 0. The van der Waals surface area contributed by atoms with Gasteiger partial charge in [0.1, 0.15) is 29.5 Å². The minimum Gasteiger partial charge on any atom is -0.390 e. The van der Waals surface area contributed by atoms with Crippen LogP contribution in [-0.4, -0.2) is 13.0 Å². The van der Waals surface area contributed by atoms with Gasteiger partial charge in [0.25, 0.3) is 0 Å². The van der Waals surface area contributed by atoms with Gasteiger partial charge in [-0.2, -0.15) is 9.13 Å². The first-order chi connectivity index (χ1) is 21.4. The molecule has 0 amide bonds. The zero-order valence-corrected chi connectivity index (χ0v) is 28.5. The maximum atomic E-state index is 13.0. The Hall–Kier alpha value is -4.16. The van der Waals surface area contributed by atoms with Gasteiger partial charge in [-0.1, -0.05) is 123 Å². The predicted octanol–water partition coefficient (Wildman–Crippen LogP) is 10.1. The maximum Gasteiger partial charge on any atom is 0.472 e. The lowest BCUT2D eigenvalue weighted by Crippen LogP contribution is -2.34. The summed E-state index contributed by atoms with van der Waals surface area (Å²) in [7, 11) is -3.67. The molecule has 4 aromatic carbocycles. The van der Waals surface area contributed by atoms with E-state index in [0.29, 0.717) is 22.5 Å². The van der Waals surface area contributed by atoms with Crippen molar-refractivity contribution in [1.29, 1.82) is 0 Å². The highest BCUT2D eigenvalue weighted by molar-refractivity contribution is 7.94. The van der Waals surface area contributed by atoms with Gasteiger partial charge < -0.3 is 4.74 Å². The number of para-hydroxylation sites is 2. The van der Waals surface area contributed by atoms with Gasteiger partial charge in [0.15, 0.2) is 9.84 Å². The van der Waals surface area contributed by atoms with E-state index in [4.69, 9.17) is 4.74 Å². The van der Waals surface area contributed by atoms with Gasteiger partial charge in [0, 0.05) is 38.4 Å². The molecule has 45 heavy (non-hydrogen) atoms. The fourth-order valence-corrected chi connectivity index (χ4v) is 7.09. The highest BCUT2D eigenvalue weighted by atomic mass is 32.2. The molecule has 0 aliphatic heterocycles. The van der Waals surface area contributed by atoms with Crippen LogP contribution in [0.15, 0.2) is 102 Å². The van der Waals surface area contributed by atoms with Crippen molar-refractivity contribution in [2.24, 2.45) is 0 Å². The summed E-state index contributed by atoms with van der Waals surface area (Å²) in [5, 5.41) is 2.30. The smallest absolute Gasteiger partial charge is 0.390 e. The largest absolute Gasteiger partial charge is 0.472 e. The Bertz CT molecular complexity index is 1850. The molecule has 0 unspecified atom stereocenters. The zero-order valence-electron chi connectivity index (χ0n) is 27.7. The number of benzene rings is 4. The van der Waals surface area contributed by atoms with E-state index in [1.54, 1.807) is 12.1 Å². The fourth-order valence-electron chi connectivity index (χ4n) is 6.16. The summed E-state index contributed by atoms with van der Waals surface area (Å²) in [5.41, 5.74) is 7.14. The molecule has 5 nitrogen and oxygen atoms in total. The van der Waals surface area contributed by atoms with Gasteiger partial charge in [-0.15, -0.1) is 0 Å². The van der Waals surface area contributed by atoms with Crippen molar-refractivity contribution < 1.29 is 17.7 Å². The van der Waals surface area contributed by atoms with E-state index in [0.717, 1.165) is 16.8 Å². The molecule has 0 atom stereocenters. The van der Waals surface area contributed by atoms with Crippen LogP contribution >= 0.6 is 0 Å². The van der Waals surface area contributed by atoms with Crippen LogP contribution in [-0.2, 0) is 9.84 Å². The molecular formula is C39H45N2O3S+. The fraction of sp³-hybridized carbons (Fsp3) is 0.308. The SMILES string of the molecule is C=CS(=O)(=O)c1ccc(Oc2n(-c3c(C(C)C)cccc3C(C)C)cc[n+]2-c2c(C(C)C)cccc2C(C)C)c2ccccc12. The Morgan fingerprint density at radius 3 is 1.71 bits per heavy atom. The first-order valence-corrected chi connectivity index (χ1v) is 17.4. The van der Waals surface area contributed by atoms with E-state index < -0.39 is 9.84 Å². The van der Waals surface area contributed by atoms with Crippen LogP contribution in [0.1, 0.15) is 101 Å². The highest BCUT2D eigenvalue weighted by Crippen LogP contribution is 2.39. The van der Waals surface area contributed by atoms with Crippen molar-refractivity contribution >= 4 is 20.6 Å². The number of hydrogen-bond acceptors (Lipinski definition) is 3. The van der Waals surface area contributed by atoms with Gasteiger partial charge in [0.05, 0.1) is 4.90 Å². The molecule has 0 aliphatic carbocycles. The average Bonchev–Trinajstić information content (AvgIpc) is 3.42. The third-order valence-electron chi connectivity index (χ3n) is 8.51. The molecule has 1 aromatic heterocycles. The second-order valence-electron chi connectivity index (χ2n) is 12.9. The van der Waals surface area contributed by atoms with Crippen molar-refractivity contribution in [1.82, 2.24) is 4.57 Å². The van der Waals surface area contributed by atoms with E-state index in [1.807, 2.05) is 24.3 Å². The Balaban J connectivity index is 1.89. The van der Waals surface area contributed by atoms with E-state index in [2.05, 4.69) is 120 Å². The number of fused-ring (bicyclic) bond motifs is 1. The van der Waals surface area contributed by atoms with E-state index in [-0.39, 0.29) is 28.6 Å². The lowest BCUT2D eigenvalue weighted by Gasteiger charge is -2.20. The number of nitrogens with zero attached hydrogens (tertiary/aromatic N) is 2.